The maximum atomic E-state index is 12.6. The van der Waals surface area contributed by atoms with E-state index in [9.17, 15) is 9.90 Å². The summed E-state index contributed by atoms with van der Waals surface area (Å²) in [5.41, 5.74) is 0.00241. The van der Waals surface area contributed by atoms with Gasteiger partial charge in [-0.25, -0.2) is 4.79 Å². The summed E-state index contributed by atoms with van der Waals surface area (Å²) in [6, 6.07) is 4.25. The number of pyridine rings is 1. The number of carboxylic acid groups (broad SMARTS) is 1. The molecule has 0 amide bonds. The third-order valence-corrected chi connectivity index (χ3v) is 6.30. The predicted molar refractivity (Wildman–Crippen MR) is 106 cm³/mol. The van der Waals surface area contributed by atoms with E-state index >= 15 is 0 Å². The van der Waals surface area contributed by atoms with Crippen molar-refractivity contribution in [3.8, 4) is 0 Å². The zero-order valence-electron chi connectivity index (χ0n) is 15.5. The van der Waals surface area contributed by atoms with Crippen LogP contribution in [0.2, 0.25) is 0 Å². The molecule has 1 aromatic heterocycles. The fraction of sp³-hybridized carbons (Fsp3) is 0.650. The minimum atomic E-state index is -0.990. The zero-order chi connectivity index (χ0) is 18.6. The number of aromatic nitrogens is 1. The van der Waals surface area contributed by atoms with Gasteiger partial charge in [-0.05, 0) is 49.5 Å². The van der Waals surface area contributed by atoms with Gasteiger partial charge in [0.1, 0.15) is 5.54 Å². The zero-order valence-corrected chi connectivity index (χ0v) is 16.3. The van der Waals surface area contributed by atoms with Crippen molar-refractivity contribution in [3.05, 3.63) is 30.1 Å². The molecule has 2 heterocycles. The van der Waals surface area contributed by atoms with E-state index < -0.39 is 11.5 Å². The molecule has 3 rings (SSSR count). The van der Waals surface area contributed by atoms with Gasteiger partial charge in [0.25, 0.3) is 0 Å². The molecular formula is C20H29N3O2S. The van der Waals surface area contributed by atoms with Crippen LogP contribution in [0.3, 0.4) is 0 Å². The van der Waals surface area contributed by atoms with E-state index in [0.717, 1.165) is 31.2 Å². The van der Waals surface area contributed by atoms with Gasteiger partial charge in [-0.2, -0.15) is 0 Å². The number of nitrogens with one attached hydrogen (secondary N) is 1. The van der Waals surface area contributed by atoms with Crippen molar-refractivity contribution in [2.45, 2.75) is 75.8 Å². The lowest BCUT2D eigenvalue weighted by atomic mass is 9.77. The van der Waals surface area contributed by atoms with Gasteiger partial charge in [0.05, 0.1) is 0 Å². The first-order chi connectivity index (χ1) is 12.6. The van der Waals surface area contributed by atoms with Crippen LogP contribution in [-0.4, -0.2) is 44.2 Å². The highest BCUT2D eigenvalue weighted by atomic mass is 32.1. The number of aliphatic carboxylic acids is 1. The lowest BCUT2D eigenvalue weighted by Gasteiger charge is -2.41. The number of carbonyl (C=O) groups is 1. The second-order valence-electron chi connectivity index (χ2n) is 7.54. The minimum absolute atomic E-state index is 0.0974. The molecule has 1 unspecified atom stereocenters. The van der Waals surface area contributed by atoms with Crippen molar-refractivity contribution in [2.24, 2.45) is 0 Å². The van der Waals surface area contributed by atoms with E-state index in [4.69, 9.17) is 12.2 Å². The van der Waals surface area contributed by atoms with Crippen LogP contribution in [0, 0.1) is 0 Å². The molecule has 0 radical (unpaired) electrons. The van der Waals surface area contributed by atoms with E-state index in [2.05, 4.69) is 10.3 Å². The summed E-state index contributed by atoms with van der Waals surface area (Å²) in [6.07, 6.45) is 11.7. The molecule has 2 N–H and O–H groups in total. The summed E-state index contributed by atoms with van der Waals surface area (Å²) in [5, 5.41) is 14.4. The number of thiocarbonyl (C=S) groups is 1. The highest BCUT2D eigenvalue weighted by Crippen LogP contribution is 2.45. The van der Waals surface area contributed by atoms with Gasteiger partial charge in [-0.15, -0.1) is 0 Å². The molecule has 0 aromatic carbocycles. The third-order valence-electron chi connectivity index (χ3n) is 5.97. The van der Waals surface area contributed by atoms with Crippen molar-refractivity contribution in [2.75, 3.05) is 6.54 Å². The standard InChI is InChI=1S/C20H29N3O2S/c1-2-11-20(18(24)25)17(15-7-6-12-21-14-15)10-13-23(20)19(26)22-16-8-4-3-5-9-16/h6-7,12,14,16-17H,2-5,8-11,13H2,1H3,(H,22,26)(H,24,25)/t17?,20-/m0/s1. The Labute approximate surface area is 161 Å². The molecule has 1 saturated heterocycles. The molecule has 6 heteroatoms. The second-order valence-corrected chi connectivity index (χ2v) is 7.93. The molecule has 2 atom stereocenters. The van der Waals surface area contributed by atoms with Crippen molar-refractivity contribution in [1.82, 2.24) is 15.2 Å². The average molecular weight is 376 g/mol. The SMILES string of the molecule is CCC[C@@]1(C(=O)O)C(c2cccnc2)CCN1C(=S)NC1CCCCC1. The van der Waals surface area contributed by atoms with Crippen LogP contribution in [0.15, 0.2) is 24.5 Å². The Kier molecular flexibility index (Phi) is 6.12. The van der Waals surface area contributed by atoms with Gasteiger partial charge in [0, 0.05) is 30.9 Å². The van der Waals surface area contributed by atoms with Crippen LogP contribution >= 0.6 is 12.2 Å². The average Bonchev–Trinajstić information content (AvgIpc) is 3.04. The summed E-state index contributed by atoms with van der Waals surface area (Å²) >= 11 is 5.72. The van der Waals surface area contributed by atoms with Gasteiger partial charge < -0.3 is 15.3 Å². The van der Waals surface area contributed by atoms with Crippen LogP contribution in [-0.2, 0) is 4.79 Å². The van der Waals surface area contributed by atoms with Crippen LogP contribution < -0.4 is 5.32 Å². The van der Waals surface area contributed by atoms with Gasteiger partial charge in [0.15, 0.2) is 5.11 Å². The first kappa shape index (κ1) is 19.1. The van der Waals surface area contributed by atoms with Crippen molar-refractivity contribution >= 4 is 23.3 Å². The van der Waals surface area contributed by atoms with E-state index in [1.54, 1.807) is 12.4 Å². The maximum Gasteiger partial charge on any atom is 0.330 e. The number of likely N-dealkylation sites (tertiary alicyclic amines) is 1. The Hall–Kier alpha value is -1.69. The topological polar surface area (TPSA) is 65.5 Å². The summed E-state index contributed by atoms with van der Waals surface area (Å²) < 4.78 is 0. The monoisotopic (exact) mass is 375 g/mol. The van der Waals surface area contributed by atoms with E-state index in [0.29, 0.717) is 24.1 Å². The normalized spacial score (nSPS) is 26.7. The highest BCUT2D eigenvalue weighted by molar-refractivity contribution is 7.80. The number of carboxylic acids is 1. The summed E-state index contributed by atoms with van der Waals surface area (Å²) in [7, 11) is 0. The Balaban J connectivity index is 1.88. The Bertz CT molecular complexity index is 633. The van der Waals surface area contributed by atoms with E-state index in [-0.39, 0.29) is 5.92 Å². The summed E-state index contributed by atoms with van der Waals surface area (Å²) in [5.74, 6) is -0.877. The summed E-state index contributed by atoms with van der Waals surface area (Å²) in [4.78, 5) is 18.7. The fourth-order valence-corrected chi connectivity index (χ4v) is 5.17. The predicted octanol–water partition coefficient (Wildman–Crippen LogP) is 3.70. The van der Waals surface area contributed by atoms with Crippen molar-refractivity contribution in [3.63, 3.8) is 0 Å². The van der Waals surface area contributed by atoms with Crippen LogP contribution in [0.5, 0.6) is 0 Å². The lowest BCUT2D eigenvalue weighted by molar-refractivity contribution is -0.148. The molecule has 5 nitrogen and oxygen atoms in total. The van der Waals surface area contributed by atoms with Crippen molar-refractivity contribution < 1.29 is 9.90 Å². The molecule has 0 spiro atoms. The molecule has 1 aliphatic carbocycles. The van der Waals surface area contributed by atoms with Crippen LogP contribution in [0.1, 0.15) is 69.8 Å². The Morgan fingerprint density at radius 1 is 1.38 bits per heavy atom. The quantitative estimate of drug-likeness (QED) is 0.765. The first-order valence-corrected chi connectivity index (χ1v) is 10.2. The molecule has 1 aliphatic heterocycles. The molecule has 2 aliphatic rings. The Morgan fingerprint density at radius 2 is 2.15 bits per heavy atom. The molecular weight excluding hydrogens is 346 g/mol. The molecule has 2 fully saturated rings. The van der Waals surface area contributed by atoms with Crippen LogP contribution in [0.4, 0.5) is 0 Å². The molecule has 1 aromatic rings. The molecule has 142 valence electrons. The lowest BCUT2D eigenvalue weighted by Crippen LogP contribution is -2.59. The Morgan fingerprint density at radius 3 is 2.77 bits per heavy atom. The molecule has 1 saturated carbocycles. The van der Waals surface area contributed by atoms with Gasteiger partial charge in [-0.3, -0.25) is 4.98 Å². The number of rotatable bonds is 5. The van der Waals surface area contributed by atoms with Gasteiger partial charge in [0.2, 0.25) is 0 Å². The van der Waals surface area contributed by atoms with E-state index in [1.807, 2.05) is 24.0 Å². The molecule has 0 bridgehead atoms. The first-order valence-electron chi connectivity index (χ1n) is 9.81. The number of hydrogen-bond donors (Lipinski definition) is 2. The smallest absolute Gasteiger partial charge is 0.330 e. The largest absolute Gasteiger partial charge is 0.479 e. The van der Waals surface area contributed by atoms with Crippen molar-refractivity contribution in [1.29, 1.82) is 0 Å². The highest BCUT2D eigenvalue weighted by Gasteiger charge is 2.55. The van der Waals surface area contributed by atoms with Gasteiger partial charge >= 0.3 is 5.97 Å². The minimum Gasteiger partial charge on any atom is -0.479 e. The maximum absolute atomic E-state index is 12.6. The summed E-state index contributed by atoms with van der Waals surface area (Å²) in [6.45, 7) is 2.71. The van der Waals surface area contributed by atoms with Gasteiger partial charge in [-0.1, -0.05) is 38.7 Å². The number of hydrogen-bond acceptors (Lipinski definition) is 3. The van der Waals surface area contributed by atoms with Crippen LogP contribution in [0.25, 0.3) is 0 Å². The third kappa shape index (κ3) is 3.56. The van der Waals surface area contributed by atoms with E-state index in [1.165, 1.54) is 19.3 Å². The second kappa shape index (κ2) is 8.33. The molecule has 26 heavy (non-hydrogen) atoms. The number of nitrogens with zero attached hydrogens (tertiary/aromatic N) is 2. The fourth-order valence-electron chi connectivity index (χ4n) is 4.75.